The van der Waals surface area contributed by atoms with E-state index < -0.39 is 8.24 Å². The van der Waals surface area contributed by atoms with E-state index in [-0.39, 0.29) is 0 Å². The Labute approximate surface area is 95.9 Å². The van der Waals surface area contributed by atoms with Gasteiger partial charge in [0.2, 0.25) is 0 Å². The van der Waals surface area contributed by atoms with Crippen LogP contribution in [0.5, 0.6) is 0 Å². The Bertz CT molecular complexity index is 163. The van der Waals surface area contributed by atoms with Gasteiger partial charge in [0.15, 0.2) is 0 Å². The van der Waals surface area contributed by atoms with Gasteiger partial charge in [-0.15, -0.1) is 11.6 Å². The summed E-state index contributed by atoms with van der Waals surface area (Å²) in [6.45, 7) is 16.6. The highest BCUT2D eigenvalue weighted by atomic mass is 35.5. The molecule has 1 nitrogen and oxygen atoms in total. The molecule has 0 saturated heterocycles. The molecule has 0 aliphatic rings. The molecule has 0 bridgehead atoms. The number of nitrogens with zero attached hydrogens (tertiary/aromatic N) is 1. The second kappa shape index (κ2) is 5.52. The Hall–Kier alpha value is 0.467. The van der Waals surface area contributed by atoms with Crippen molar-refractivity contribution in [3.8, 4) is 0 Å². The lowest BCUT2D eigenvalue weighted by molar-refractivity contribution is 0.416. The molecule has 86 valence electrons. The Morgan fingerprint density at radius 2 is 1.71 bits per heavy atom. The van der Waals surface area contributed by atoms with Gasteiger partial charge >= 0.3 is 0 Å². The van der Waals surface area contributed by atoms with Gasteiger partial charge in [0, 0.05) is 5.88 Å². The molecule has 0 spiro atoms. The van der Waals surface area contributed by atoms with Gasteiger partial charge in [0.25, 0.3) is 0 Å². The topological polar surface area (TPSA) is 3.24 Å². The summed E-state index contributed by atoms with van der Waals surface area (Å²) in [5, 5.41) is 0.440. The number of hydrogen-bond acceptors (Lipinski definition) is 1. The highest BCUT2D eigenvalue weighted by Gasteiger charge is 2.39. The fraction of sp³-hybridized carbons (Fsp3) is 1.00. The number of halogens is 1. The zero-order valence-corrected chi connectivity index (χ0v) is 12.4. The van der Waals surface area contributed by atoms with E-state index in [1.165, 1.54) is 0 Å². The molecule has 0 saturated carbocycles. The monoisotopic (exact) mass is 235 g/mol. The van der Waals surface area contributed by atoms with Crippen LogP contribution < -0.4 is 0 Å². The zero-order valence-electron chi connectivity index (χ0n) is 10.7. The van der Waals surface area contributed by atoms with Crippen molar-refractivity contribution >= 4 is 19.8 Å². The van der Waals surface area contributed by atoms with Crippen LogP contribution in [0.3, 0.4) is 0 Å². The molecule has 0 radical (unpaired) electrons. The van der Waals surface area contributed by atoms with E-state index in [0.717, 1.165) is 25.4 Å². The summed E-state index contributed by atoms with van der Waals surface area (Å²) in [7, 11) is -1.30. The predicted octanol–water partition coefficient (Wildman–Crippen LogP) is 3.94. The molecule has 0 aromatic heterocycles. The molecule has 0 aliphatic carbocycles. The lowest BCUT2D eigenvalue weighted by Gasteiger charge is -2.45. The molecule has 0 aliphatic heterocycles. The lowest BCUT2D eigenvalue weighted by Crippen LogP contribution is -2.55. The summed E-state index contributed by atoms with van der Waals surface area (Å²) in [5.74, 6) is 0.783. The molecule has 0 fully saturated rings. The van der Waals surface area contributed by atoms with Crippen molar-refractivity contribution in [3.63, 3.8) is 0 Å². The first kappa shape index (κ1) is 14.5. The highest BCUT2D eigenvalue weighted by Crippen LogP contribution is 2.38. The molecule has 0 unspecified atom stereocenters. The van der Waals surface area contributed by atoms with Gasteiger partial charge in [-0.25, -0.2) is 0 Å². The lowest BCUT2D eigenvalue weighted by atomic mass is 10.2. The van der Waals surface area contributed by atoms with Gasteiger partial charge in [0.1, 0.15) is 8.24 Å². The largest absolute Gasteiger partial charge is 0.323 e. The summed E-state index contributed by atoms with van der Waals surface area (Å²) in [6, 6.07) is 0. The molecule has 0 N–H and O–H groups in total. The maximum absolute atomic E-state index is 5.76. The van der Waals surface area contributed by atoms with E-state index in [0.29, 0.717) is 5.04 Å². The van der Waals surface area contributed by atoms with E-state index in [9.17, 15) is 0 Å². The van der Waals surface area contributed by atoms with Gasteiger partial charge in [-0.2, -0.15) is 0 Å². The van der Waals surface area contributed by atoms with Crippen LogP contribution >= 0.6 is 11.6 Å². The van der Waals surface area contributed by atoms with E-state index in [1.807, 2.05) is 0 Å². The standard InChI is InChI=1S/C11H26ClNSi/c1-7-13(10-8-9-12)14(5,6)11(2,3)4/h7-10H2,1-6H3. The van der Waals surface area contributed by atoms with Gasteiger partial charge in [-0.3, -0.25) is 0 Å². The predicted molar refractivity (Wildman–Crippen MR) is 69.8 cm³/mol. The minimum absolute atomic E-state index is 0.440. The third-order valence-corrected chi connectivity index (χ3v) is 9.63. The molecule has 14 heavy (non-hydrogen) atoms. The van der Waals surface area contributed by atoms with Crippen molar-refractivity contribution in [2.24, 2.45) is 0 Å². The van der Waals surface area contributed by atoms with Crippen molar-refractivity contribution in [2.45, 2.75) is 52.2 Å². The molecule has 0 rings (SSSR count). The summed E-state index contributed by atoms with van der Waals surface area (Å²) in [4.78, 5) is 0. The summed E-state index contributed by atoms with van der Waals surface area (Å²) < 4.78 is 2.66. The van der Waals surface area contributed by atoms with Crippen molar-refractivity contribution < 1.29 is 0 Å². The van der Waals surface area contributed by atoms with Crippen molar-refractivity contribution in [1.82, 2.24) is 4.57 Å². The van der Waals surface area contributed by atoms with Crippen LogP contribution in [0.25, 0.3) is 0 Å². The van der Waals surface area contributed by atoms with Gasteiger partial charge < -0.3 is 4.57 Å². The van der Waals surface area contributed by atoms with Crippen LogP contribution in [0.2, 0.25) is 18.1 Å². The van der Waals surface area contributed by atoms with Crippen LogP contribution in [0.1, 0.15) is 34.1 Å². The SMILES string of the molecule is CCN(CCCCl)[Si](C)(C)C(C)(C)C. The fourth-order valence-corrected chi connectivity index (χ4v) is 4.13. The molecule has 3 heteroatoms. The first-order valence-electron chi connectivity index (χ1n) is 5.58. The number of hydrogen-bond donors (Lipinski definition) is 0. The van der Waals surface area contributed by atoms with Crippen LogP contribution in [0.15, 0.2) is 0 Å². The van der Waals surface area contributed by atoms with Gasteiger partial charge in [0.05, 0.1) is 0 Å². The Kier molecular flexibility index (Phi) is 5.71. The minimum Gasteiger partial charge on any atom is -0.323 e. The number of alkyl halides is 1. The maximum Gasteiger partial charge on any atom is 0.127 e. The maximum atomic E-state index is 5.76. The van der Waals surface area contributed by atoms with Crippen molar-refractivity contribution in [3.05, 3.63) is 0 Å². The Balaban J connectivity index is 4.49. The van der Waals surface area contributed by atoms with Crippen LogP contribution in [-0.2, 0) is 0 Å². The normalized spacial score (nSPS) is 13.7. The summed E-state index contributed by atoms with van der Waals surface area (Å²) in [5.41, 5.74) is 0. The van der Waals surface area contributed by atoms with E-state index >= 15 is 0 Å². The highest BCUT2D eigenvalue weighted by molar-refractivity contribution is 6.77. The smallest absolute Gasteiger partial charge is 0.127 e. The molecule has 0 amide bonds. The average Bonchev–Trinajstić information content (AvgIpc) is 2.03. The minimum atomic E-state index is -1.30. The zero-order chi connectivity index (χ0) is 11.4. The van der Waals surface area contributed by atoms with E-state index in [2.05, 4.69) is 45.4 Å². The quantitative estimate of drug-likeness (QED) is 0.516. The van der Waals surface area contributed by atoms with Gasteiger partial charge in [-0.1, -0.05) is 40.8 Å². The molecule has 0 heterocycles. The van der Waals surface area contributed by atoms with E-state index in [1.54, 1.807) is 0 Å². The van der Waals surface area contributed by atoms with Crippen LogP contribution in [0.4, 0.5) is 0 Å². The Morgan fingerprint density at radius 3 is 2.00 bits per heavy atom. The fourth-order valence-electron chi connectivity index (χ4n) is 1.56. The van der Waals surface area contributed by atoms with Crippen LogP contribution in [0, 0.1) is 0 Å². The summed E-state index contributed by atoms with van der Waals surface area (Å²) in [6.07, 6.45) is 1.11. The second-order valence-electron chi connectivity index (χ2n) is 5.43. The second-order valence-corrected chi connectivity index (χ2v) is 11.1. The van der Waals surface area contributed by atoms with Crippen molar-refractivity contribution in [1.29, 1.82) is 0 Å². The molecular weight excluding hydrogens is 210 g/mol. The van der Waals surface area contributed by atoms with Crippen LogP contribution in [-0.4, -0.2) is 31.8 Å². The van der Waals surface area contributed by atoms with Crippen molar-refractivity contribution in [2.75, 3.05) is 19.0 Å². The average molecular weight is 236 g/mol. The number of rotatable bonds is 5. The van der Waals surface area contributed by atoms with Gasteiger partial charge in [-0.05, 0) is 24.5 Å². The third kappa shape index (κ3) is 3.56. The third-order valence-electron chi connectivity index (χ3n) is 3.57. The summed E-state index contributed by atoms with van der Waals surface area (Å²) >= 11 is 5.76. The molecule has 0 aromatic rings. The molecular formula is C11H26ClNSi. The molecule has 0 aromatic carbocycles. The van der Waals surface area contributed by atoms with E-state index in [4.69, 9.17) is 11.6 Å². The molecule has 0 atom stereocenters. The Morgan fingerprint density at radius 1 is 1.21 bits per heavy atom. The first-order chi connectivity index (χ1) is 6.27. The first-order valence-corrected chi connectivity index (χ1v) is 9.06.